The summed E-state index contributed by atoms with van der Waals surface area (Å²) < 4.78 is 24.4. The highest BCUT2D eigenvalue weighted by atomic mass is 33.1. The van der Waals surface area contributed by atoms with Crippen molar-refractivity contribution in [3.05, 3.63) is 107 Å². The molecule has 3 aromatic carbocycles. The number of phenolic OH excluding ortho intramolecular Hbond substituents is 1. The molecule has 326 valence electrons. The normalized spacial score (nSPS) is 27.6. The zero-order chi connectivity index (χ0) is 42.9. The minimum absolute atomic E-state index is 0.00495. The number of aliphatic carboxylic acids is 1. The number of carboxylic acids is 1. The first kappa shape index (κ1) is 44.7. The van der Waals surface area contributed by atoms with Crippen molar-refractivity contribution >= 4 is 51.2 Å². The Bertz CT molecular complexity index is 2110. The Kier molecular flexibility index (Phi) is 15.2. The summed E-state index contributed by atoms with van der Waals surface area (Å²) in [4.78, 5) is 17.0. The third kappa shape index (κ3) is 10.5. The highest BCUT2D eigenvalue weighted by Crippen LogP contribution is 2.42. The van der Waals surface area contributed by atoms with Crippen LogP contribution in [0.2, 0.25) is 0 Å². The first-order valence-electron chi connectivity index (χ1n) is 20.7. The Morgan fingerprint density at radius 1 is 1.13 bits per heavy atom. The van der Waals surface area contributed by atoms with Crippen molar-refractivity contribution in [3.8, 4) is 17.2 Å². The summed E-state index contributed by atoms with van der Waals surface area (Å²) in [5.74, 6) is 0.361. The van der Waals surface area contributed by atoms with Crippen molar-refractivity contribution in [2.75, 3.05) is 51.5 Å². The minimum atomic E-state index is -2.07. The van der Waals surface area contributed by atoms with Crippen LogP contribution in [0.3, 0.4) is 0 Å². The van der Waals surface area contributed by atoms with Crippen LogP contribution in [-0.2, 0) is 20.7 Å². The van der Waals surface area contributed by atoms with Gasteiger partial charge in [-0.15, -0.1) is 0 Å². The number of fused-ring (bicyclic) bond motifs is 2. The van der Waals surface area contributed by atoms with E-state index in [2.05, 4.69) is 65.0 Å². The lowest BCUT2D eigenvalue weighted by molar-refractivity contribution is -0.316. The van der Waals surface area contributed by atoms with Gasteiger partial charge in [-0.05, 0) is 104 Å². The number of hydrogen-bond acceptors (Lipinski definition) is 14. The van der Waals surface area contributed by atoms with Gasteiger partial charge in [0.2, 0.25) is 6.29 Å². The Labute approximate surface area is 364 Å². The van der Waals surface area contributed by atoms with Crippen LogP contribution >= 0.6 is 21.6 Å². The molecule has 0 amide bonds. The van der Waals surface area contributed by atoms with E-state index >= 15 is 0 Å². The molecule has 7 N–H and O–H groups in total. The number of carbonyl (C=O) groups is 1. The van der Waals surface area contributed by atoms with Crippen molar-refractivity contribution in [1.82, 2.24) is 10.6 Å². The molecule has 0 radical (unpaired) electrons. The zero-order valence-corrected chi connectivity index (χ0v) is 35.9. The molecule has 13 nitrogen and oxygen atoms in total. The number of carboxylic acid groups (broad SMARTS) is 1. The number of aromatic hydroxyl groups is 1. The first-order valence-corrected chi connectivity index (χ1v) is 23.2. The molecule has 4 aliphatic heterocycles. The summed E-state index contributed by atoms with van der Waals surface area (Å²) >= 11 is 0. The quantitative estimate of drug-likeness (QED) is 0.0788. The number of allylic oxidation sites excluding steroid dienone is 2. The van der Waals surface area contributed by atoms with Crippen molar-refractivity contribution in [3.63, 3.8) is 0 Å². The molecule has 0 saturated carbocycles. The van der Waals surface area contributed by atoms with Gasteiger partial charge in [0.1, 0.15) is 47.8 Å². The number of nitrogens with zero attached hydrogens (tertiary/aromatic N) is 1. The highest BCUT2D eigenvalue weighted by Gasteiger charge is 2.59. The molecule has 0 spiro atoms. The molecule has 2 fully saturated rings. The first-order chi connectivity index (χ1) is 29.6. The molecule has 15 heteroatoms. The van der Waals surface area contributed by atoms with Gasteiger partial charge in [-0.3, -0.25) is 4.99 Å². The van der Waals surface area contributed by atoms with E-state index < -0.39 is 36.2 Å². The standard InChI is InChI=1S/C46H55N3O10S2/c1-28(7-5-10-29-8-3-4-9-30(29)11-6-19-47-2)36-23-49-26-46(55)43(57-27-61-60-25-38(36)32-18-20-48-22-32)41(52)42(44(53)54)59-45(46)58-34-16-17-35-39(21-34)56-24-37(40(35)51)31-12-14-33(50)15-13-31/h3-5,8-10,12-18,21-22,28,36,38,41-43,45,47,49-52,55H,6-7,11,19-20,23-27H2,1-2H3,(H,53,54)/b10-5+/t28-,36-,38+,41+,42-,43-,45+,46+/m0/s1. The topological polar surface area (TPSA) is 192 Å². The summed E-state index contributed by atoms with van der Waals surface area (Å²) in [7, 11) is 5.02. The van der Waals surface area contributed by atoms with Crippen LogP contribution in [0.5, 0.6) is 17.2 Å². The molecule has 4 aliphatic rings. The number of hydrogen-bond donors (Lipinski definition) is 7. The number of aryl methyl sites for hydroxylation is 1. The van der Waals surface area contributed by atoms with E-state index in [1.807, 2.05) is 13.3 Å². The summed E-state index contributed by atoms with van der Waals surface area (Å²) in [5, 5.41) is 61.9. The predicted molar refractivity (Wildman–Crippen MR) is 240 cm³/mol. The maximum Gasteiger partial charge on any atom is 0.335 e. The van der Waals surface area contributed by atoms with Crippen LogP contribution in [0, 0.1) is 17.8 Å². The monoisotopic (exact) mass is 873 g/mol. The van der Waals surface area contributed by atoms with Crippen LogP contribution in [0.1, 0.15) is 42.0 Å². The number of nitrogens with one attached hydrogen (secondary N) is 2. The smallest absolute Gasteiger partial charge is 0.335 e. The lowest BCUT2D eigenvalue weighted by Gasteiger charge is -2.49. The van der Waals surface area contributed by atoms with Gasteiger partial charge in [-0.2, -0.15) is 0 Å². The van der Waals surface area contributed by atoms with E-state index in [-0.39, 0.29) is 54.1 Å². The van der Waals surface area contributed by atoms with E-state index in [1.54, 1.807) is 35.1 Å². The number of benzene rings is 3. The Morgan fingerprint density at radius 3 is 2.72 bits per heavy atom. The lowest BCUT2D eigenvalue weighted by atomic mass is 9.77. The number of aliphatic hydroxyl groups is 3. The number of rotatable bonds is 13. The fraction of sp³-hybridized carbons (Fsp3) is 0.435. The highest BCUT2D eigenvalue weighted by molar-refractivity contribution is 8.76. The van der Waals surface area contributed by atoms with Gasteiger partial charge in [0.25, 0.3) is 0 Å². The van der Waals surface area contributed by atoms with Crippen LogP contribution in [0.25, 0.3) is 17.4 Å². The van der Waals surface area contributed by atoms with E-state index in [1.165, 1.54) is 45.7 Å². The average molecular weight is 874 g/mol. The molecule has 61 heavy (non-hydrogen) atoms. The number of β-amino-alcohol motifs (C(OH)–C–C–N with tert-alkyl or cyclic N) is 1. The largest absolute Gasteiger partial charge is 0.508 e. The van der Waals surface area contributed by atoms with Gasteiger partial charge in [0.05, 0.1) is 12.1 Å². The lowest BCUT2D eigenvalue weighted by Crippen LogP contribution is -2.72. The molecule has 3 aromatic rings. The Hall–Kier alpha value is -4.32. The van der Waals surface area contributed by atoms with Crippen molar-refractivity contribution in [2.45, 2.75) is 56.4 Å². The number of aliphatic imine (C=N–C) groups is 1. The second-order valence-electron chi connectivity index (χ2n) is 15.9. The minimum Gasteiger partial charge on any atom is -0.508 e. The summed E-state index contributed by atoms with van der Waals surface area (Å²) in [5.41, 5.74) is 3.23. The van der Waals surface area contributed by atoms with Crippen molar-refractivity contribution in [2.24, 2.45) is 22.7 Å². The maximum absolute atomic E-state index is 12.6. The summed E-state index contributed by atoms with van der Waals surface area (Å²) in [6, 6.07) is 19.6. The van der Waals surface area contributed by atoms with Crippen LogP contribution in [-0.4, -0.2) is 119 Å². The van der Waals surface area contributed by atoms with E-state index in [0.29, 0.717) is 35.5 Å². The summed E-state index contributed by atoms with van der Waals surface area (Å²) in [6.07, 6.45) is 4.94. The number of phenols is 1. The average Bonchev–Trinajstić information content (AvgIpc) is 3.79. The molecular formula is C46H55N3O10S2. The number of aliphatic hydroxyl groups excluding tert-OH is 2. The fourth-order valence-corrected chi connectivity index (χ4v) is 10.5. The third-order valence-electron chi connectivity index (χ3n) is 11.9. The molecule has 8 atom stereocenters. The zero-order valence-electron chi connectivity index (χ0n) is 34.3. The Morgan fingerprint density at radius 2 is 1.95 bits per heavy atom. The fourth-order valence-electron chi connectivity index (χ4n) is 8.44. The maximum atomic E-state index is 12.6. The number of ether oxygens (including phenoxy) is 4. The van der Waals surface area contributed by atoms with Gasteiger partial charge in [0, 0.05) is 30.2 Å². The van der Waals surface area contributed by atoms with Gasteiger partial charge in [-0.1, -0.05) is 83.1 Å². The second kappa shape index (κ2) is 20.7. The van der Waals surface area contributed by atoms with E-state index in [9.17, 15) is 30.3 Å². The molecule has 0 aliphatic carbocycles. The summed E-state index contributed by atoms with van der Waals surface area (Å²) in [6.45, 7) is 4.17. The third-order valence-corrected chi connectivity index (χ3v) is 13.9. The van der Waals surface area contributed by atoms with Crippen molar-refractivity contribution < 1.29 is 49.3 Å². The SMILES string of the molecule is CNCCCc1ccccc1/C=C/C[C@H](C)[C@@H]1CNC[C@]2(O)[C@H](Oc3ccc4c(c3)OCC(c3ccc(O)cc3)=C4O)O[C@H](C(=O)O)[C@@H](O)[C@@H]2OCSSC[C@@H]1C1=CCN=C1. The Balaban J connectivity index is 1.13. The van der Waals surface area contributed by atoms with Gasteiger partial charge < -0.3 is 55.1 Å². The molecule has 0 bridgehead atoms. The molecule has 0 aromatic heterocycles. The van der Waals surface area contributed by atoms with E-state index in [0.717, 1.165) is 31.6 Å². The van der Waals surface area contributed by atoms with Crippen molar-refractivity contribution in [1.29, 1.82) is 0 Å². The van der Waals surface area contributed by atoms with Gasteiger partial charge in [-0.25, -0.2) is 4.79 Å². The van der Waals surface area contributed by atoms with Crippen LogP contribution in [0.4, 0.5) is 0 Å². The predicted octanol–water partition coefficient (Wildman–Crippen LogP) is 5.95. The van der Waals surface area contributed by atoms with Crippen LogP contribution in [0.15, 0.2) is 89.4 Å². The van der Waals surface area contributed by atoms with Gasteiger partial charge in [0.15, 0.2) is 11.7 Å². The van der Waals surface area contributed by atoms with Gasteiger partial charge >= 0.3 is 5.97 Å². The molecule has 0 unspecified atom stereocenters. The van der Waals surface area contributed by atoms with Crippen LogP contribution < -0.4 is 20.1 Å². The molecule has 7 rings (SSSR count). The molecule has 4 heterocycles. The molecule has 2 saturated heterocycles. The second-order valence-corrected chi connectivity index (χ2v) is 18.3. The van der Waals surface area contributed by atoms with E-state index in [4.69, 9.17) is 18.9 Å². The molecular weight excluding hydrogens is 819 g/mol.